The van der Waals surface area contributed by atoms with E-state index >= 15 is 0 Å². The monoisotopic (exact) mass is 462 g/mol. The van der Waals surface area contributed by atoms with Gasteiger partial charge in [-0.15, -0.1) is 0 Å². The molecule has 0 saturated carbocycles. The summed E-state index contributed by atoms with van der Waals surface area (Å²) in [6.45, 7) is 1.54. The van der Waals surface area contributed by atoms with Gasteiger partial charge >= 0.3 is 0 Å². The van der Waals surface area contributed by atoms with Crippen LogP contribution in [0.2, 0.25) is 0 Å². The van der Waals surface area contributed by atoms with Crippen LogP contribution in [0.3, 0.4) is 0 Å². The first-order chi connectivity index (χ1) is 14.6. The first kappa shape index (κ1) is 22.4. The Morgan fingerprint density at radius 2 is 1.45 bits per heavy atom. The molecular formula is C21H19FN2O5S2. The van der Waals surface area contributed by atoms with Crippen LogP contribution >= 0.6 is 0 Å². The maximum atomic E-state index is 13.3. The van der Waals surface area contributed by atoms with Gasteiger partial charge in [-0.05, 0) is 66.7 Å². The Balaban J connectivity index is 1.71. The second kappa shape index (κ2) is 8.86. The summed E-state index contributed by atoms with van der Waals surface area (Å²) in [4.78, 5) is 12.4. The molecule has 0 radical (unpaired) electrons. The van der Waals surface area contributed by atoms with Gasteiger partial charge in [-0.3, -0.25) is 9.52 Å². The number of halogens is 1. The van der Waals surface area contributed by atoms with Crippen molar-refractivity contribution < 1.29 is 26.0 Å². The molecule has 0 aliphatic rings. The number of sulfonamides is 1. The van der Waals surface area contributed by atoms with Gasteiger partial charge in [-0.1, -0.05) is 13.0 Å². The molecule has 0 atom stereocenters. The number of anilines is 2. The minimum atomic E-state index is -3.94. The SMILES string of the molecule is CCS(=O)(=O)c1ccc(C(=O)Nc2ccc(S(=O)(=O)Nc3cccc(F)c3)cc2)cc1. The number of nitrogens with one attached hydrogen (secondary N) is 2. The maximum absolute atomic E-state index is 13.3. The summed E-state index contributed by atoms with van der Waals surface area (Å²) in [5, 5.41) is 2.61. The van der Waals surface area contributed by atoms with Gasteiger partial charge in [0.1, 0.15) is 5.82 Å². The van der Waals surface area contributed by atoms with Crippen molar-refractivity contribution in [2.24, 2.45) is 0 Å². The number of benzene rings is 3. The molecule has 2 N–H and O–H groups in total. The molecule has 0 spiro atoms. The number of rotatable bonds is 7. The Morgan fingerprint density at radius 3 is 2.03 bits per heavy atom. The first-order valence-corrected chi connectivity index (χ1v) is 12.3. The van der Waals surface area contributed by atoms with Crippen LogP contribution in [0.5, 0.6) is 0 Å². The van der Waals surface area contributed by atoms with E-state index in [1.807, 2.05) is 0 Å². The largest absolute Gasteiger partial charge is 0.322 e. The highest BCUT2D eigenvalue weighted by molar-refractivity contribution is 7.92. The first-order valence-electron chi connectivity index (χ1n) is 9.13. The Labute approximate surface area is 179 Å². The molecule has 0 aliphatic carbocycles. The Hall–Kier alpha value is -3.24. The number of sulfone groups is 1. The molecule has 1 amide bonds. The van der Waals surface area contributed by atoms with Gasteiger partial charge in [-0.2, -0.15) is 0 Å². The van der Waals surface area contributed by atoms with E-state index in [-0.39, 0.29) is 26.8 Å². The number of amides is 1. The molecule has 162 valence electrons. The number of carbonyl (C=O) groups excluding carboxylic acids is 1. The fraction of sp³-hybridized carbons (Fsp3) is 0.0952. The number of hydrogen-bond acceptors (Lipinski definition) is 5. The van der Waals surface area contributed by atoms with Crippen LogP contribution in [-0.4, -0.2) is 28.5 Å². The number of hydrogen-bond donors (Lipinski definition) is 2. The summed E-state index contributed by atoms with van der Waals surface area (Å²) in [6.07, 6.45) is 0. The molecule has 31 heavy (non-hydrogen) atoms. The highest BCUT2D eigenvalue weighted by Gasteiger charge is 2.16. The van der Waals surface area contributed by atoms with Crippen LogP contribution in [0.4, 0.5) is 15.8 Å². The third-order valence-corrected chi connectivity index (χ3v) is 7.50. The van der Waals surface area contributed by atoms with Crippen molar-refractivity contribution in [1.82, 2.24) is 0 Å². The lowest BCUT2D eigenvalue weighted by atomic mass is 10.2. The topological polar surface area (TPSA) is 109 Å². The molecule has 0 aromatic heterocycles. The highest BCUT2D eigenvalue weighted by atomic mass is 32.2. The molecule has 0 bridgehead atoms. The van der Waals surface area contributed by atoms with E-state index in [4.69, 9.17) is 0 Å². The van der Waals surface area contributed by atoms with Crippen LogP contribution in [0, 0.1) is 5.82 Å². The van der Waals surface area contributed by atoms with E-state index in [9.17, 15) is 26.0 Å². The van der Waals surface area contributed by atoms with Gasteiger partial charge in [-0.25, -0.2) is 21.2 Å². The molecule has 0 aliphatic heterocycles. The third kappa shape index (κ3) is 5.47. The van der Waals surface area contributed by atoms with E-state index in [0.717, 1.165) is 6.07 Å². The zero-order valence-corrected chi connectivity index (χ0v) is 18.0. The van der Waals surface area contributed by atoms with E-state index in [0.29, 0.717) is 5.69 Å². The van der Waals surface area contributed by atoms with Crippen LogP contribution in [-0.2, 0) is 19.9 Å². The van der Waals surface area contributed by atoms with Crippen LogP contribution in [0.25, 0.3) is 0 Å². The number of carbonyl (C=O) groups is 1. The van der Waals surface area contributed by atoms with E-state index in [2.05, 4.69) is 10.0 Å². The highest BCUT2D eigenvalue weighted by Crippen LogP contribution is 2.20. The van der Waals surface area contributed by atoms with Crippen molar-refractivity contribution in [2.45, 2.75) is 16.7 Å². The minimum absolute atomic E-state index is 0.0398. The summed E-state index contributed by atoms with van der Waals surface area (Å²) >= 11 is 0. The van der Waals surface area contributed by atoms with Crippen LogP contribution in [0.15, 0.2) is 82.6 Å². The molecule has 10 heteroatoms. The lowest BCUT2D eigenvalue weighted by molar-refractivity contribution is 0.102. The minimum Gasteiger partial charge on any atom is -0.322 e. The Bertz CT molecular complexity index is 1300. The Kier molecular flexibility index (Phi) is 6.42. The molecule has 3 rings (SSSR count). The normalized spacial score (nSPS) is 11.7. The zero-order valence-electron chi connectivity index (χ0n) is 16.4. The average molecular weight is 463 g/mol. The summed E-state index contributed by atoms with van der Waals surface area (Å²) < 4.78 is 64.1. The second-order valence-electron chi connectivity index (χ2n) is 6.52. The van der Waals surface area contributed by atoms with E-state index < -0.39 is 31.6 Å². The van der Waals surface area contributed by atoms with Gasteiger partial charge in [0, 0.05) is 11.3 Å². The second-order valence-corrected chi connectivity index (χ2v) is 10.5. The van der Waals surface area contributed by atoms with Gasteiger partial charge < -0.3 is 5.32 Å². The molecule has 0 fully saturated rings. The average Bonchev–Trinajstić information content (AvgIpc) is 2.74. The van der Waals surface area contributed by atoms with Gasteiger partial charge in [0.15, 0.2) is 9.84 Å². The lowest BCUT2D eigenvalue weighted by Crippen LogP contribution is -2.14. The summed E-state index contributed by atoms with van der Waals surface area (Å²) in [5.74, 6) is -1.09. The van der Waals surface area contributed by atoms with Crippen LogP contribution in [0.1, 0.15) is 17.3 Å². The third-order valence-electron chi connectivity index (χ3n) is 4.35. The van der Waals surface area contributed by atoms with Crippen molar-refractivity contribution in [1.29, 1.82) is 0 Å². The quantitative estimate of drug-likeness (QED) is 0.557. The molecule has 0 saturated heterocycles. The zero-order chi connectivity index (χ0) is 22.6. The van der Waals surface area contributed by atoms with Crippen molar-refractivity contribution in [3.8, 4) is 0 Å². The predicted octanol–water partition coefficient (Wildman–Crippen LogP) is 3.67. The molecule has 7 nitrogen and oxygen atoms in total. The molecule has 0 heterocycles. The molecule has 3 aromatic carbocycles. The van der Waals surface area contributed by atoms with Crippen molar-refractivity contribution in [3.05, 3.63) is 84.2 Å². The smallest absolute Gasteiger partial charge is 0.261 e. The fourth-order valence-corrected chi connectivity index (χ4v) is 4.60. The molecule has 0 unspecified atom stereocenters. The van der Waals surface area contributed by atoms with Crippen LogP contribution < -0.4 is 10.0 Å². The summed E-state index contributed by atoms with van der Waals surface area (Å²) in [5.41, 5.74) is 0.686. The van der Waals surface area contributed by atoms with Gasteiger partial charge in [0.05, 0.1) is 21.2 Å². The fourth-order valence-electron chi connectivity index (χ4n) is 2.67. The van der Waals surface area contributed by atoms with Crippen molar-refractivity contribution >= 4 is 37.1 Å². The summed E-state index contributed by atoms with van der Waals surface area (Å²) in [6, 6.07) is 16.0. The van der Waals surface area contributed by atoms with Crippen molar-refractivity contribution in [2.75, 3.05) is 15.8 Å². The van der Waals surface area contributed by atoms with Gasteiger partial charge in [0.2, 0.25) is 0 Å². The predicted molar refractivity (Wildman–Crippen MR) is 116 cm³/mol. The van der Waals surface area contributed by atoms with Gasteiger partial charge in [0.25, 0.3) is 15.9 Å². The van der Waals surface area contributed by atoms with E-state index in [1.54, 1.807) is 0 Å². The van der Waals surface area contributed by atoms with E-state index in [1.165, 1.54) is 73.7 Å². The molecular weight excluding hydrogens is 443 g/mol. The lowest BCUT2D eigenvalue weighted by Gasteiger charge is -2.10. The maximum Gasteiger partial charge on any atom is 0.261 e. The Morgan fingerprint density at radius 1 is 0.839 bits per heavy atom. The summed E-state index contributed by atoms with van der Waals surface area (Å²) in [7, 11) is -7.29. The van der Waals surface area contributed by atoms with Crippen molar-refractivity contribution in [3.63, 3.8) is 0 Å². The standard InChI is InChI=1S/C21H19FN2O5S2/c1-2-30(26,27)19-10-6-15(7-11-19)21(25)23-17-8-12-20(13-9-17)31(28,29)24-18-5-3-4-16(22)14-18/h3-14,24H,2H2,1H3,(H,23,25). The molecule has 3 aromatic rings.